The van der Waals surface area contributed by atoms with Crippen molar-refractivity contribution in [2.75, 3.05) is 18.4 Å². The van der Waals surface area contributed by atoms with Gasteiger partial charge in [-0.25, -0.2) is 9.97 Å². The molecule has 1 aliphatic heterocycles. The molecule has 1 aliphatic rings. The molecule has 0 atom stereocenters. The van der Waals surface area contributed by atoms with Crippen LogP contribution in [0.15, 0.2) is 36.5 Å². The molecule has 0 bridgehead atoms. The third kappa shape index (κ3) is 3.58. The highest BCUT2D eigenvalue weighted by molar-refractivity contribution is 5.52. The van der Waals surface area contributed by atoms with E-state index in [1.807, 2.05) is 36.5 Å². The van der Waals surface area contributed by atoms with Gasteiger partial charge in [-0.2, -0.15) is 0 Å². The Labute approximate surface area is 126 Å². The summed E-state index contributed by atoms with van der Waals surface area (Å²) in [4.78, 5) is 11.6. The van der Waals surface area contributed by atoms with Crippen molar-refractivity contribution in [1.29, 1.82) is 0 Å². The van der Waals surface area contributed by atoms with E-state index in [1.165, 1.54) is 11.3 Å². The number of aromatic nitrogens is 2. The third-order valence-corrected chi connectivity index (χ3v) is 3.67. The van der Waals surface area contributed by atoms with Crippen molar-refractivity contribution in [3.8, 4) is 0 Å². The summed E-state index contributed by atoms with van der Waals surface area (Å²) in [5.41, 5.74) is 3.47. The fourth-order valence-electron chi connectivity index (χ4n) is 2.76. The fourth-order valence-corrected chi connectivity index (χ4v) is 2.76. The van der Waals surface area contributed by atoms with E-state index < -0.39 is 0 Å². The average molecular weight is 282 g/mol. The van der Waals surface area contributed by atoms with Crippen molar-refractivity contribution >= 4 is 11.6 Å². The van der Waals surface area contributed by atoms with Gasteiger partial charge >= 0.3 is 0 Å². The molecule has 0 radical (unpaired) electrons. The lowest BCUT2D eigenvalue weighted by atomic mass is 10.1. The van der Waals surface area contributed by atoms with Crippen LogP contribution >= 0.6 is 0 Å². The van der Waals surface area contributed by atoms with E-state index >= 15 is 0 Å². The van der Waals surface area contributed by atoms with Crippen LogP contribution in [0.25, 0.3) is 0 Å². The minimum Gasteiger partial charge on any atom is -0.324 e. The number of rotatable bonds is 4. The highest BCUT2D eigenvalue weighted by Crippen LogP contribution is 2.20. The highest BCUT2D eigenvalue weighted by Gasteiger charge is 2.18. The van der Waals surface area contributed by atoms with Crippen molar-refractivity contribution in [2.45, 2.75) is 26.8 Å². The lowest BCUT2D eigenvalue weighted by Gasteiger charge is -2.29. The highest BCUT2D eigenvalue weighted by atomic mass is 15.2. The summed E-state index contributed by atoms with van der Waals surface area (Å²) in [6.07, 6.45) is 2.98. The van der Waals surface area contributed by atoms with E-state index in [1.54, 1.807) is 0 Å². The Morgan fingerprint density at radius 3 is 2.81 bits per heavy atom. The second-order valence-corrected chi connectivity index (χ2v) is 6.04. The molecule has 4 nitrogen and oxygen atoms in total. The van der Waals surface area contributed by atoms with Crippen LogP contribution < -0.4 is 5.32 Å². The molecule has 1 N–H and O–H groups in total. The minimum absolute atomic E-state index is 0.692. The second kappa shape index (κ2) is 6.22. The Kier molecular flexibility index (Phi) is 4.15. The zero-order valence-electron chi connectivity index (χ0n) is 12.7. The molecule has 3 rings (SSSR count). The molecule has 0 amide bonds. The van der Waals surface area contributed by atoms with Crippen molar-refractivity contribution in [2.24, 2.45) is 5.92 Å². The van der Waals surface area contributed by atoms with Gasteiger partial charge in [-0.05, 0) is 18.1 Å². The summed E-state index contributed by atoms with van der Waals surface area (Å²) >= 11 is 0. The Hall–Kier alpha value is -1.94. The van der Waals surface area contributed by atoms with Crippen molar-refractivity contribution in [3.05, 3.63) is 47.8 Å². The van der Waals surface area contributed by atoms with Gasteiger partial charge in [0, 0.05) is 43.5 Å². The normalized spacial score (nSPS) is 15.0. The number of fused-ring (bicyclic) bond motifs is 1. The molecule has 0 unspecified atom stereocenters. The molecule has 0 saturated carbocycles. The number of benzene rings is 1. The van der Waals surface area contributed by atoms with Crippen LogP contribution in [-0.2, 0) is 13.0 Å². The van der Waals surface area contributed by atoms with Gasteiger partial charge in [-0.3, -0.25) is 4.90 Å². The van der Waals surface area contributed by atoms with E-state index in [-0.39, 0.29) is 0 Å². The lowest BCUT2D eigenvalue weighted by Crippen LogP contribution is -2.34. The maximum Gasteiger partial charge on any atom is 0.227 e. The first-order valence-corrected chi connectivity index (χ1v) is 7.60. The monoisotopic (exact) mass is 282 g/mol. The Balaban J connectivity index is 1.71. The number of nitrogens with zero attached hydrogens (tertiary/aromatic N) is 3. The largest absolute Gasteiger partial charge is 0.324 e. The van der Waals surface area contributed by atoms with Crippen LogP contribution in [0, 0.1) is 5.92 Å². The lowest BCUT2D eigenvalue weighted by molar-refractivity contribution is 0.224. The van der Waals surface area contributed by atoms with Crippen molar-refractivity contribution in [1.82, 2.24) is 14.9 Å². The van der Waals surface area contributed by atoms with E-state index in [9.17, 15) is 0 Å². The first-order valence-electron chi connectivity index (χ1n) is 7.60. The number of hydrogen-bond donors (Lipinski definition) is 1. The van der Waals surface area contributed by atoms with Gasteiger partial charge in [0.2, 0.25) is 5.95 Å². The van der Waals surface area contributed by atoms with Crippen LogP contribution in [0.1, 0.15) is 25.1 Å². The summed E-state index contributed by atoms with van der Waals surface area (Å²) in [5.74, 6) is 1.39. The fraction of sp³-hybridized carbons (Fsp3) is 0.412. The Morgan fingerprint density at radius 2 is 2.05 bits per heavy atom. The predicted molar refractivity (Wildman–Crippen MR) is 85.6 cm³/mol. The Bertz CT molecular complexity index is 595. The summed E-state index contributed by atoms with van der Waals surface area (Å²) in [7, 11) is 0. The molecule has 0 saturated heterocycles. The SMILES string of the molecule is CC(C)CN1CCc2nc(Nc3ccccc3)ncc2C1. The second-order valence-electron chi connectivity index (χ2n) is 6.04. The smallest absolute Gasteiger partial charge is 0.227 e. The molecule has 0 aliphatic carbocycles. The van der Waals surface area contributed by atoms with Crippen LogP contribution in [0.2, 0.25) is 0 Å². The summed E-state index contributed by atoms with van der Waals surface area (Å²) in [6.45, 7) is 7.73. The molecular weight excluding hydrogens is 260 g/mol. The third-order valence-electron chi connectivity index (χ3n) is 3.67. The van der Waals surface area contributed by atoms with Crippen LogP contribution in [-0.4, -0.2) is 28.0 Å². The zero-order chi connectivity index (χ0) is 14.7. The average Bonchev–Trinajstić information content (AvgIpc) is 2.48. The summed E-state index contributed by atoms with van der Waals surface area (Å²) in [6, 6.07) is 10.1. The number of hydrogen-bond acceptors (Lipinski definition) is 4. The quantitative estimate of drug-likeness (QED) is 0.934. The molecule has 2 aromatic rings. The van der Waals surface area contributed by atoms with Crippen molar-refractivity contribution in [3.63, 3.8) is 0 Å². The zero-order valence-corrected chi connectivity index (χ0v) is 12.7. The molecule has 1 aromatic heterocycles. The molecule has 0 fully saturated rings. The van der Waals surface area contributed by atoms with E-state index in [2.05, 4.69) is 34.0 Å². The number of nitrogens with one attached hydrogen (secondary N) is 1. The van der Waals surface area contributed by atoms with Gasteiger partial charge in [-0.15, -0.1) is 0 Å². The summed E-state index contributed by atoms with van der Waals surface area (Å²) < 4.78 is 0. The van der Waals surface area contributed by atoms with Crippen LogP contribution in [0.4, 0.5) is 11.6 Å². The van der Waals surface area contributed by atoms with Gasteiger partial charge in [0.1, 0.15) is 0 Å². The topological polar surface area (TPSA) is 41.1 Å². The van der Waals surface area contributed by atoms with Gasteiger partial charge in [0.15, 0.2) is 0 Å². The molecule has 4 heteroatoms. The minimum atomic E-state index is 0.692. The van der Waals surface area contributed by atoms with Gasteiger partial charge in [0.05, 0.1) is 5.69 Å². The van der Waals surface area contributed by atoms with Gasteiger partial charge in [-0.1, -0.05) is 32.0 Å². The molecular formula is C17H22N4. The first-order chi connectivity index (χ1) is 10.2. The molecule has 1 aromatic carbocycles. The first kappa shape index (κ1) is 14.0. The molecule has 21 heavy (non-hydrogen) atoms. The van der Waals surface area contributed by atoms with Crippen molar-refractivity contribution < 1.29 is 0 Å². The number of anilines is 2. The molecule has 2 heterocycles. The maximum absolute atomic E-state index is 4.67. The summed E-state index contributed by atoms with van der Waals surface area (Å²) in [5, 5.41) is 3.26. The van der Waals surface area contributed by atoms with Gasteiger partial charge < -0.3 is 5.32 Å². The predicted octanol–water partition coefficient (Wildman–Crippen LogP) is 3.23. The standard InChI is InChI=1S/C17H22N4/c1-13(2)11-21-9-8-16-14(12-21)10-18-17(20-16)19-15-6-4-3-5-7-15/h3-7,10,13H,8-9,11-12H2,1-2H3,(H,18,19,20). The van der Waals surface area contributed by atoms with E-state index in [0.717, 1.165) is 31.7 Å². The molecule has 0 spiro atoms. The van der Waals surface area contributed by atoms with E-state index in [0.29, 0.717) is 11.9 Å². The maximum atomic E-state index is 4.67. The van der Waals surface area contributed by atoms with Crippen LogP contribution in [0.5, 0.6) is 0 Å². The Morgan fingerprint density at radius 1 is 1.24 bits per heavy atom. The van der Waals surface area contributed by atoms with Gasteiger partial charge in [0.25, 0.3) is 0 Å². The van der Waals surface area contributed by atoms with E-state index in [4.69, 9.17) is 0 Å². The van der Waals surface area contributed by atoms with Crippen LogP contribution in [0.3, 0.4) is 0 Å². The number of para-hydroxylation sites is 1. The molecule has 110 valence electrons.